The zero-order valence-corrected chi connectivity index (χ0v) is 17.5. The van der Waals surface area contributed by atoms with E-state index in [0.717, 1.165) is 37.9 Å². The molecule has 0 bridgehead atoms. The lowest BCUT2D eigenvalue weighted by Crippen LogP contribution is -2.47. The smallest absolute Gasteiger partial charge is 0.406 e. The predicted octanol–water partition coefficient (Wildman–Crippen LogP) is 4.49. The maximum absolute atomic E-state index is 12.5. The molecule has 2 aromatic carbocycles. The molecule has 1 aliphatic heterocycles. The summed E-state index contributed by atoms with van der Waals surface area (Å²) < 4.78 is 40.4. The maximum atomic E-state index is 12.5. The second-order valence-corrected chi connectivity index (χ2v) is 7.42. The molecule has 0 aliphatic carbocycles. The molecule has 2 unspecified atom stereocenters. The second kappa shape index (κ2) is 10.4. The molecule has 0 saturated carbocycles. The summed E-state index contributed by atoms with van der Waals surface area (Å²) in [4.78, 5) is 24.7. The number of benzene rings is 2. The Balaban J connectivity index is 1.51. The third-order valence-corrected chi connectivity index (χ3v) is 5.09. The Morgan fingerprint density at radius 1 is 1.06 bits per heavy atom. The zero-order valence-electron chi connectivity index (χ0n) is 17.5. The van der Waals surface area contributed by atoms with Crippen molar-refractivity contribution in [3.05, 3.63) is 54.1 Å². The third-order valence-electron chi connectivity index (χ3n) is 5.09. The molecule has 7 nitrogen and oxygen atoms in total. The minimum Gasteiger partial charge on any atom is -0.406 e. The fourth-order valence-corrected chi connectivity index (χ4v) is 3.53. The van der Waals surface area contributed by atoms with Gasteiger partial charge in [-0.25, -0.2) is 4.79 Å². The zero-order chi connectivity index (χ0) is 23.1. The SMILES string of the molecule is CCC(NC(=O)c1ccc(NC(=O)Nc2ccc(OC(F)(F)F)cc2)cc1)C1CCCN1. The highest BCUT2D eigenvalue weighted by Gasteiger charge is 2.31. The number of halogens is 3. The van der Waals surface area contributed by atoms with Gasteiger partial charge in [-0.05, 0) is 74.3 Å². The van der Waals surface area contributed by atoms with Crippen molar-refractivity contribution < 1.29 is 27.5 Å². The van der Waals surface area contributed by atoms with E-state index in [1.807, 2.05) is 6.92 Å². The number of hydrogen-bond acceptors (Lipinski definition) is 4. The molecule has 1 heterocycles. The molecule has 1 saturated heterocycles. The molecule has 4 N–H and O–H groups in total. The van der Waals surface area contributed by atoms with Gasteiger partial charge in [0.2, 0.25) is 0 Å². The average Bonchev–Trinajstić information content (AvgIpc) is 3.27. The van der Waals surface area contributed by atoms with Crippen LogP contribution in [0.3, 0.4) is 0 Å². The maximum Gasteiger partial charge on any atom is 0.573 e. The Bertz CT molecular complexity index is 912. The minimum absolute atomic E-state index is 0.0569. The number of ether oxygens (including phenoxy) is 1. The van der Waals surface area contributed by atoms with Crippen LogP contribution in [-0.4, -0.2) is 36.9 Å². The number of nitrogens with one attached hydrogen (secondary N) is 4. The number of anilines is 2. The van der Waals surface area contributed by atoms with E-state index in [4.69, 9.17) is 0 Å². The predicted molar refractivity (Wildman–Crippen MR) is 115 cm³/mol. The van der Waals surface area contributed by atoms with Gasteiger partial charge in [-0.15, -0.1) is 13.2 Å². The van der Waals surface area contributed by atoms with Crippen LogP contribution < -0.4 is 26.0 Å². The molecule has 2 aromatic rings. The summed E-state index contributed by atoms with van der Waals surface area (Å²) in [5.74, 6) is -0.561. The van der Waals surface area contributed by atoms with Crippen LogP contribution in [0.15, 0.2) is 48.5 Å². The first-order valence-corrected chi connectivity index (χ1v) is 10.3. The molecule has 3 amide bonds. The van der Waals surface area contributed by atoms with E-state index >= 15 is 0 Å². The van der Waals surface area contributed by atoms with E-state index in [1.165, 1.54) is 12.1 Å². The number of alkyl halides is 3. The van der Waals surface area contributed by atoms with Crippen LogP contribution in [0.25, 0.3) is 0 Å². The molecule has 32 heavy (non-hydrogen) atoms. The standard InChI is InChI=1S/C22H25F3N4O3/c1-2-18(19-4-3-13-26-19)29-20(30)14-5-7-15(8-6-14)27-21(31)28-16-9-11-17(12-10-16)32-22(23,24)25/h5-12,18-19,26H,2-4,13H2,1H3,(H,29,30)(H2,27,28,31). The quantitative estimate of drug-likeness (QED) is 0.500. The van der Waals surface area contributed by atoms with Crippen LogP contribution in [0, 0.1) is 0 Å². The fourth-order valence-electron chi connectivity index (χ4n) is 3.53. The highest BCUT2D eigenvalue weighted by Crippen LogP contribution is 2.24. The minimum atomic E-state index is -4.78. The Hall–Kier alpha value is -3.27. The van der Waals surface area contributed by atoms with Crippen LogP contribution in [0.1, 0.15) is 36.5 Å². The van der Waals surface area contributed by atoms with Gasteiger partial charge < -0.3 is 26.0 Å². The lowest BCUT2D eigenvalue weighted by Gasteiger charge is -2.23. The number of amides is 3. The van der Waals surface area contributed by atoms with Crippen molar-refractivity contribution in [2.45, 2.75) is 44.6 Å². The van der Waals surface area contributed by atoms with Crippen molar-refractivity contribution in [2.24, 2.45) is 0 Å². The van der Waals surface area contributed by atoms with Crippen molar-refractivity contribution in [1.82, 2.24) is 10.6 Å². The summed E-state index contributed by atoms with van der Waals surface area (Å²) in [6, 6.07) is 11.0. The van der Waals surface area contributed by atoms with Gasteiger partial charge >= 0.3 is 12.4 Å². The van der Waals surface area contributed by atoms with Gasteiger partial charge in [0.1, 0.15) is 5.75 Å². The second-order valence-electron chi connectivity index (χ2n) is 7.42. The molecule has 0 spiro atoms. The summed E-state index contributed by atoms with van der Waals surface area (Å²) in [6.07, 6.45) is -1.81. The Morgan fingerprint density at radius 3 is 2.16 bits per heavy atom. The molecule has 0 aromatic heterocycles. The molecule has 10 heteroatoms. The fraction of sp³-hybridized carbons (Fsp3) is 0.364. The van der Waals surface area contributed by atoms with Crippen molar-refractivity contribution in [3.63, 3.8) is 0 Å². The lowest BCUT2D eigenvalue weighted by molar-refractivity contribution is -0.274. The number of rotatable bonds is 7. The van der Waals surface area contributed by atoms with Gasteiger partial charge in [0.25, 0.3) is 5.91 Å². The van der Waals surface area contributed by atoms with Gasteiger partial charge in [-0.1, -0.05) is 6.92 Å². The summed E-state index contributed by atoms with van der Waals surface area (Å²) in [7, 11) is 0. The summed E-state index contributed by atoms with van der Waals surface area (Å²) in [6.45, 7) is 3.00. The van der Waals surface area contributed by atoms with Crippen LogP contribution in [-0.2, 0) is 0 Å². The Labute approximate surface area is 183 Å². The monoisotopic (exact) mass is 450 g/mol. The lowest BCUT2D eigenvalue weighted by atomic mass is 10.0. The summed E-state index contributed by atoms with van der Waals surface area (Å²) in [5.41, 5.74) is 1.23. The molecular formula is C22H25F3N4O3. The number of hydrogen-bond donors (Lipinski definition) is 4. The van der Waals surface area contributed by atoms with Crippen LogP contribution in [0.4, 0.5) is 29.3 Å². The van der Waals surface area contributed by atoms with Gasteiger partial charge in [0, 0.05) is 29.0 Å². The summed E-state index contributed by atoms with van der Waals surface area (Å²) >= 11 is 0. The van der Waals surface area contributed by atoms with Crippen molar-refractivity contribution in [2.75, 3.05) is 17.2 Å². The molecule has 1 aliphatic rings. The largest absolute Gasteiger partial charge is 0.573 e. The van der Waals surface area contributed by atoms with Gasteiger partial charge in [0.05, 0.1) is 0 Å². The molecular weight excluding hydrogens is 425 g/mol. The Morgan fingerprint density at radius 2 is 1.66 bits per heavy atom. The van der Waals surface area contributed by atoms with Crippen molar-refractivity contribution in [3.8, 4) is 5.75 Å². The topological polar surface area (TPSA) is 91.5 Å². The first-order valence-electron chi connectivity index (χ1n) is 10.3. The third kappa shape index (κ3) is 6.88. The van der Waals surface area contributed by atoms with Crippen LogP contribution >= 0.6 is 0 Å². The molecule has 0 radical (unpaired) electrons. The van der Waals surface area contributed by atoms with E-state index in [1.54, 1.807) is 24.3 Å². The normalized spacial score (nSPS) is 16.8. The highest BCUT2D eigenvalue weighted by molar-refractivity contribution is 6.00. The van der Waals surface area contributed by atoms with E-state index in [0.29, 0.717) is 16.9 Å². The number of carbonyl (C=O) groups is 2. The van der Waals surface area contributed by atoms with Gasteiger partial charge in [-0.2, -0.15) is 0 Å². The molecule has 2 atom stereocenters. The average molecular weight is 450 g/mol. The molecule has 3 rings (SSSR count). The van der Waals surface area contributed by atoms with Crippen molar-refractivity contribution in [1.29, 1.82) is 0 Å². The van der Waals surface area contributed by atoms with E-state index in [2.05, 4.69) is 26.0 Å². The van der Waals surface area contributed by atoms with Gasteiger partial charge in [-0.3, -0.25) is 4.79 Å². The molecule has 172 valence electrons. The first-order chi connectivity index (χ1) is 15.2. The number of urea groups is 1. The van der Waals surface area contributed by atoms with Crippen LogP contribution in [0.5, 0.6) is 5.75 Å². The first kappa shape index (κ1) is 23.4. The number of carbonyl (C=O) groups excluding carboxylic acids is 2. The van der Waals surface area contributed by atoms with Crippen molar-refractivity contribution >= 4 is 23.3 Å². The van der Waals surface area contributed by atoms with E-state index < -0.39 is 12.4 Å². The van der Waals surface area contributed by atoms with E-state index in [-0.39, 0.29) is 23.7 Å². The van der Waals surface area contributed by atoms with Gasteiger partial charge in [0.15, 0.2) is 0 Å². The van der Waals surface area contributed by atoms with Crippen LogP contribution in [0.2, 0.25) is 0 Å². The highest BCUT2D eigenvalue weighted by atomic mass is 19.4. The Kier molecular flexibility index (Phi) is 7.57. The van der Waals surface area contributed by atoms with E-state index in [9.17, 15) is 22.8 Å². The summed E-state index contributed by atoms with van der Waals surface area (Å²) in [5, 5.41) is 11.6. The molecule has 1 fully saturated rings.